The maximum Gasteiger partial charge on any atom is 0.336 e. The number of aromatic nitrogens is 2. The summed E-state index contributed by atoms with van der Waals surface area (Å²) in [4.78, 5) is 32.7. The van der Waals surface area contributed by atoms with Gasteiger partial charge in [-0.1, -0.05) is 36.4 Å². The summed E-state index contributed by atoms with van der Waals surface area (Å²) in [5.41, 5.74) is 2.30. The quantitative estimate of drug-likeness (QED) is 0.351. The molecule has 39 heavy (non-hydrogen) atoms. The lowest BCUT2D eigenvalue weighted by molar-refractivity contribution is -0.170. The molecule has 1 atom stereocenters. The molecule has 1 unspecified atom stereocenters. The van der Waals surface area contributed by atoms with Crippen LogP contribution in [0, 0.1) is 12.7 Å². The summed E-state index contributed by atoms with van der Waals surface area (Å²) in [7, 11) is 2.05. The summed E-state index contributed by atoms with van der Waals surface area (Å²) < 4.78 is 15.5. The van der Waals surface area contributed by atoms with E-state index in [9.17, 15) is 14.4 Å². The fourth-order valence-corrected chi connectivity index (χ4v) is 4.46. The number of hydrogen-bond donors (Lipinski definition) is 4. The third-order valence-corrected chi connectivity index (χ3v) is 6.44. The third kappa shape index (κ3) is 7.43. The minimum absolute atomic E-state index is 0.171. The molecule has 1 aliphatic rings. The molecule has 4 rings (SSSR count). The van der Waals surface area contributed by atoms with Gasteiger partial charge in [-0.2, -0.15) is 10.2 Å². The van der Waals surface area contributed by atoms with E-state index in [1.807, 2.05) is 31.2 Å². The molecule has 3 aromatic rings. The van der Waals surface area contributed by atoms with Crippen molar-refractivity contribution in [1.29, 1.82) is 0 Å². The van der Waals surface area contributed by atoms with Crippen LogP contribution in [-0.4, -0.2) is 72.6 Å². The number of rotatable bonds is 7. The van der Waals surface area contributed by atoms with Crippen molar-refractivity contribution in [3.8, 4) is 11.3 Å². The number of halogens is 1. The SMILES string of the molecule is Cc1ccc(-c2ccc3c(c2F)CN(C)CCC3c2ccccc2)nn1.O=C(O)CC(O)(CC(=O)O)C(=O)O. The summed E-state index contributed by atoms with van der Waals surface area (Å²) in [6.07, 6.45) is -1.31. The second kappa shape index (κ2) is 12.5. The lowest BCUT2D eigenvalue weighted by Crippen LogP contribution is -2.42. The van der Waals surface area contributed by atoms with Gasteiger partial charge in [-0.25, -0.2) is 9.18 Å². The second-order valence-corrected chi connectivity index (χ2v) is 9.52. The Bertz CT molecular complexity index is 1320. The fourth-order valence-electron chi connectivity index (χ4n) is 4.46. The number of benzene rings is 2. The lowest BCUT2D eigenvalue weighted by Gasteiger charge is -2.19. The molecule has 0 aliphatic carbocycles. The summed E-state index contributed by atoms with van der Waals surface area (Å²) in [6, 6.07) is 18.0. The van der Waals surface area contributed by atoms with Gasteiger partial charge in [-0.05, 0) is 56.3 Å². The van der Waals surface area contributed by atoms with E-state index in [-0.39, 0.29) is 11.7 Å². The van der Waals surface area contributed by atoms with Crippen molar-refractivity contribution in [2.45, 2.75) is 44.2 Å². The normalized spacial score (nSPS) is 15.3. The predicted molar refractivity (Wildman–Crippen MR) is 138 cm³/mol. The van der Waals surface area contributed by atoms with Gasteiger partial charge in [0.1, 0.15) is 5.82 Å². The zero-order valence-corrected chi connectivity index (χ0v) is 21.5. The summed E-state index contributed by atoms with van der Waals surface area (Å²) in [6.45, 7) is 3.43. The van der Waals surface area contributed by atoms with Crippen molar-refractivity contribution in [2.75, 3.05) is 13.6 Å². The maximum atomic E-state index is 15.5. The Morgan fingerprint density at radius 3 is 2.15 bits per heavy atom. The van der Waals surface area contributed by atoms with Crippen molar-refractivity contribution < 1.29 is 39.2 Å². The van der Waals surface area contributed by atoms with Crippen molar-refractivity contribution >= 4 is 17.9 Å². The van der Waals surface area contributed by atoms with Gasteiger partial charge in [0, 0.05) is 23.6 Å². The Labute approximate surface area is 224 Å². The van der Waals surface area contributed by atoms with Crippen LogP contribution < -0.4 is 0 Å². The van der Waals surface area contributed by atoms with Crippen molar-refractivity contribution in [2.24, 2.45) is 0 Å². The van der Waals surface area contributed by atoms with E-state index in [1.165, 1.54) is 5.56 Å². The highest BCUT2D eigenvalue weighted by Crippen LogP contribution is 2.37. The highest BCUT2D eigenvalue weighted by molar-refractivity contribution is 5.88. The number of aryl methyl sites for hydroxylation is 1. The molecule has 0 saturated carbocycles. The number of aliphatic hydroxyl groups is 1. The van der Waals surface area contributed by atoms with Gasteiger partial charge in [-0.15, -0.1) is 0 Å². The molecule has 2 heterocycles. The molecule has 11 heteroatoms. The van der Waals surface area contributed by atoms with Gasteiger partial charge in [-0.3, -0.25) is 9.59 Å². The monoisotopic (exact) mass is 539 g/mol. The molecule has 4 N–H and O–H groups in total. The van der Waals surface area contributed by atoms with Gasteiger partial charge in [0.15, 0.2) is 5.60 Å². The molecule has 1 aliphatic heterocycles. The first-order valence-electron chi connectivity index (χ1n) is 12.2. The van der Waals surface area contributed by atoms with E-state index in [2.05, 4.69) is 52.5 Å². The molecule has 1 aromatic heterocycles. The van der Waals surface area contributed by atoms with Gasteiger partial charge >= 0.3 is 17.9 Å². The standard InChI is InChI=1S/C22H22FN3.C6H8O7/c1-15-8-11-21(25-24-15)19-10-9-18-17(16-6-4-3-5-7-16)12-13-26(2)14-20(18)22(19)23;7-3(8)1-6(13,5(11)12)2-4(9)10/h3-11,17H,12-14H2,1-2H3;13H,1-2H2,(H,7,8)(H,9,10)(H,11,12). The lowest BCUT2D eigenvalue weighted by atomic mass is 9.85. The van der Waals surface area contributed by atoms with Crippen molar-refractivity contribution in [3.63, 3.8) is 0 Å². The second-order valence-electron chi connectivity index (χ2n) is 9.52. The van der Waals surface area contributed by atoms with Crippen LogP contribution in [0.3, 0.4) is 0 Å². The largest absolute Gasteiger partial charge is 0.481 e. The first-order chi connectivity index (χ1) is 18.4. The van der Waals surface area contributed by atoms with Gasteiger partial charge in [0.2, 0.25) is 0 Å². The smallest absolute Gasteiger partial charge is 0.336 e. The van der Waals surface area contributed by atoms with Gasteiger partial charge < -0.3 is 25.3 Å². The Morgan fingerprint density at radius 2 is 1.62 bits per heavy atom. The molecule has 206 valence electrons. The highest BCUT2D eigenvalue weighted by Gasteiger charge is 2.40. The van der Waals surface area contributed by atoms with Crippen LogP contribution in [0.4, 0.5) is 4.39 Å². The minimum Gasteiger partial charge on any atom is -0.481 e. The molecule has 10 nitrogen and oxygen atoms in total. The Morgan fingerprint density at radius 1 is 0.974 bits per heavy atom. The van der Waals surface area contributed by atoms with Crippen LogP contribution in [0.5, 0.6) is 0 Å². The molecule has 0 bridgehead atoms. The number of carboxylic acids is 3. The molecule has 2 aromatic carbocycles. The molecule has 0 fully saturated rings. The maximum absolute atomic E-state index is 15.5. The van der Waals surface area contributed by atoms with Crippen LogP contribution in [0.1, 0.15) is 47.6 Å². The average molecular weight is 540 g/mol. The van der Waals surface area contributed by atoms with E-state index in [0.717, 1.165) is 29.8 Å². The van der Waals surface area contributed by atoms with Gasteiger partial charge in [0.25, 0.3) is 0 Å². The number of fused-ring (bicyclic) bond motifs is 1. The van der Waals surface area contributed by atoms with Crippen molar-refractivity contribution in [1.82, 2.24) is 15.1 Å². The first kappa shape index (κ1) is 29.3. The Kier molecular flexibility index (Phi) is 9.44. The number of carboxylic acid groups (broad SMARTS) is 3. The van der Waals surface area contributed by atoms with E-state index < -0.39 is 36.4 Å². The topological polar surface area (TPSA) is 161 Å². The summed E-state index contributed by atoms with van der Waals surface area (Å²) in [5, 5.41) is 42.1. The average Bonchev–Trinajstić information content (AvgIpc) is 3.04. The zero-order valence-electron chi connectivity index (χ0n) is 21.5. The molecular weight excluding hydrogens is 509 g/mol. The van der Waals surface area contributed by atoms with Crippen LogP contribution in [-0.2, 0) is 20.9 Å². The highest BCUT2D eigenvalue weighted by atomic mass is 19.1. The van der Waals surface area contributed by atoms with Crippen LogP contribution in [0.25, 0.3) is 11.3 Å². The summed E-state index contributed by atoms with van der Waals surface area (Å²) >= 11 is 0. The fraction of sp³-hybridized carbons (Fsp3) is 0.321. The molecule has 0 spiro atoms. The molecular formula is C28H30FN3O7. The molecule has 0 amide bonds. The van der Waals surface area contributed by atoms with Crippen LogP contribution >= 0.6 is 0 Å². The van der Waals surface area contributed by atoms with E-state index >= 15 is 4.39 Å². The number of carbonyl (C=O) groups is 3. The van der Waals surface area contributed by atoms with Crippen LogP contribution in [0.2, 0.25) is 0 Å². The van der Waals surface area contributed by atoms with Crippen molar-refractivity contribution in [3.05, 3.63) is 82.8 Å². The summed E-state index contributed by atoms with van der Waals surface area (Å²) in [5.74, 6) is -4.98. The molecule has 0 radical (unpaired) electrons. The molecule has 0 saturated heterocycles. The van der Waals surface area contributed by atoms with E-state index in [0.29, 0.717) is 17.8 Å². The number of nitrogens with zero attached hydrogens (tertiary/aromatic N) is 3. The first-order valence-corrected chi connectivity index (χ1v) is 12.2. The Hall–Kier alpha value is -4.22. The minimum atomic E-state index is -2.74. The number of aliphatic carboxylic acids is 3. The van der Waals surface area contributed by atoms with E-state index in [1.54, 1.807) is 0 Å². The predicted octanol–water partition coefficient (Wildman–Crippen LogP) is 3.31. The van der Waals surface area contributed by atoms with Crippen LogP contribution in [0.15, 0.2) is 54.6 Å². The number of hydrogen-bond acceptors (Lipinski definition) is 7. The Balaban J connectivity index is 0.000000276. The zero-order chi connectivity index (χ0) is 28.7. The third-order valence-electron chi connectivity index (χ3n) is 6.44. The van der Waals surface area contributed by atoms with E-state index in [4.69, 9.17) is 20.4 Å². The van der Waals surface area contributed by atoms with Gasteiger partial charge in [0.05, 0.1) is 24.2 Å².